The maximum absolute atomic E-state index is 12.6. The van der Waals surface area contributed by atoms with Crippen molar-refractivity contribution in [3.63, 3.8) is 0 Å². The van der Waals surface area contributed by atoms with Gasteiger partial charge >= 0.3 is 0 Å². The molecule has 0 aliphatic heterocycles. The van der Waals surface area contributed by atoms with Crippen LogP contribution in [0.4, 0.5) is 0 Å². The van der Waals surface area contributed by atoms with Crippen LogP contribution >= 0.6 is 11.3 Å². The molecule has 2 N–H and O–H groups in total. The van der Waals surface area contributed by atoms with Crippen LogP contribution in [0, 0.1) is 0 Å². The first kappa shape index (κ1) is 15.5. The summed E-state index contributed by atoms with van der Waals surface area (Å²) in [5.41, 5.74) is 0.517. The van der Waals surface area contributed by atoms with Gasteiger partial charge in [0, 0.05) is 0 Å². The smallest absolute Gasteiger partial charge is 0.267 e. The zero-order valence-corrected chi connectivity index (χ0v) is 14.5. The summed E-state index contributed by atoms with van der Waals surface area (Å²) in [4.78, 5) is 20.4. The van der Waals surface area contributed by atoms with Crippen LogP contribution in [-0.4, -0.2) is 30.0 Å². The average Bonchev–Trinajstić information content (AvgIpc) is 3.42. The number of hydrogen-bond donors (Lipinski definition) is 2. The highest BCUT2D eigenvalue weighted by atomic mass is 32.1. The highest BCUT2D eigenvalue weighted by molar-refractivity contribution is 7.13. The molecule has 132 valence electrons. The number of nitrogens with one attached hydrogen (secondary N) is 1. The molecule has 0 unspecified atom stereocenters. The zero-order chi connectivity index (χ0) is 18.4. The Kier molecular flexibility index (Phi) is 3.41. The quantitative estimate of drug-likeness (QED) is 0.500. The number of nitrogens with zero attached hydrogens (tertiary/aromatic N) is 4. The summed E-state index contributed by atoms with van der Waals surface area (Å²) in [6, 6.07) is 13.0. The van der Waals surface area contributed by atoms with E-state index in [0.717, 1.165) is 10.6 Å². The molecule has 9 heteroatoms. The molecule has 0 saturated carbocycles. The SMILES string of the molecule is O=c1[nH]c2c(cnn2-c2ccccc2)c(O)c1-c1nc(-c2cccs2)no1. The van der Waals surface area contributed by atoms with E-state index in [1.165, 1.54) is 17.5 Å². The number of rotatable bonds is 3. The van der Waals surface area contributed by atoms with Gasteiger partial charge in [0.05, 0.1) is 22.1 Å². The third kappa shape index (κ3) is 2.44. The minimum atomic E-state index is -0.543. The normalized spacial score (nSPS) is 11.3. The second-order valence-electron chi connectivity index (χ2n) is 5.73. The minimum absolute atomic E-state index is 0.0495. The van der Waals surface area contributed by atoms with E-state index in [1.54, 1.807) is 4.68 Å². The maximum atomic E-state index is 12.6. The van der Waals surface area contributed by atoms with Gasteiger partial charge in [0.1, 0.15) is 17.0 Å². The van der Waals surface area contributed by atoms with Gasteiger partial charge in [-0.3, -0.25) is 4.79 Å². The molecule has 0 fully saturated rings. The topological polar surface area (TPSA) is 110 Å². The Morgan fingerprint density at radius 3 is 2.78 bits per heavy atom. The molecule has 0 amide bonds. The number of para-hydroxylation sites is 1. The zero-order valence-electron chi connectivity index (χ0n) is 13.7. The van der Waals surface area contributed by atoms with Crippen LogP contribution < -0.4 is 5.56 Å². The van der Waals surface area contributed by atoms with Gasteiger partial charge in [-0.25, -0.2) is 4.68 Å². The number of aromatic nitrogens is 5. The van der Waals surface area contributed by atoms with Gasteiger partial charge in [-0.15, -0.1) is 11.3 Å². The number of hydrogen-bond acceptors (Lipinski definition) is 7. The Morgan fingerprint density at radius 1 is 1.15 bits per heavy atom. The lowest BCUT2D eigenvalue weighted by atomic mass is 10.2. The first-order chi connectivity index (χ1) is 13.2. The van der Waals surface area contributed by atoms with Crippen molar-refractivity contribution in [2.24, 2.45) is 0 Å². The molecule has 5 aromatic rings. The van der Waals surface area contributed by atoms with Crippen LogP contribution in [0.5, 0.6) is 5.75 Å². The molecular weight excluding hydrogens is 366 g/mol. The molecule has 0 radical (unpaired) electrons. The second-order valence-corrected chi connectivity index (χ2v) is 6.68. The van der Waals surface area contributed by atoms with E-state index in [2.05, 4.69) is 20.2 Å². The third-order valence-electron chi connectivity index (χ3n) is 4.10. The summed E-state index contributed by atoms with van der Waals surface area (Å²) >= 11 is 1.45. The highest BCUT2D eigenvalue weighted by Crippen LogP contribution is 2.33. The fourth-order valence-electron chi connectivity index (χ4n) is 2.85. The van der Waals surface area contributed by atoms with Gasteiger partial charge < -0.3 is 14.6 Å². The van der Waals surface area contributed by atoms with Crippen molar-refractivity contribution in [1.29, 1.82) is 0 Å². The minimum Gasteiger partial charge on any atom is -0.506 e. The van der Waals surface area contributed by atoms with Crippen LogP contribution in [0.25, 0.3) is 38.9 Å². The van der Waals surface area contributed by atoms with E-state index >= 15 is 0 Å². The molecule has 5 rings (SSSR count). The standard InChI is InChI=1S/C18H11N5O3S/c24-14-11-9-19-23(10-5-2-1-3-6-10)16(11)21-17(25)13(14)18-20-15(22-26-18)12-7-4-8-27-12/h1-9H,(H2,21,24,25). The maximum Gasteiger partial charge on any atom is 0.267 e. The number of thiophene rings is 1. The fourth-order valence-corrected chi connectivity index (χ4v) is 3.50. The summed E-state index contributed by atoms with van der Waals surface area (Å²) in [5, 5.41) is 21.1. The summed E-state index contributed by atoms with van der Waals surface area (Å²) in [7, 11) is 0. The molecule has 0 spiro atoms. The van der Waals surface area contributed by atoms with Crippen LogP contribution in [0.1, 0.15) is 0 Å². The molecule has 0 atom stereocenters. The van der Waals surface area contributed by atoms with Crippen LogP contribution in [0.15, 0.2) is 63.4 Å². The number of aromatic hydroxyl groups is 1. The van der Waals surface area contributed by atoms with Crippen molar-refractivity contribution in [3.05, 3.63) is 64.4 Å². The molecule has 4 aromatic heterocycles. The molecule has 4 heterocycles. The Hall–Kier alpha value is -3.72. The summed E-state index contributed by atoms with van der Waals surface area (Å²) in [6.07, 6.45) is 1.48. The van der Waals surface area contributed by atoms with Crippen LogP contribution in [-0.2, 0) is 0 Å². The third-order valence-corrected chi connectivity index (χ3v) is 4.97. The van der Waals surface area contributed by atoms with Crippen molar-refractivity contribution < 1.29 is 9.63 Å². The monoisotopic (exact) mass is 377 g/mol. The molecule has 0 aliphatic rings. The number of fused-ring (bicyclic) bond motifs is 1. The number of benzene rings is 1. The largest absolute Gasteiger partial charge is 0.506 e. The average molecular weight is 377 g/mol. The van der Waals surface area contributed by atoms with Crippen LogP contribution in [0.3, 0.4) is 0 Å². The lowest BCUT2D eigenvalue weighted by Gasteiger charge is -2.04. The lowest BCUT2D eigenvalue weighted by molar-refractivity contribution is 0.426. The van der Waals surface area contributed by atoms with E-state index in [9.17, 15) is 9.90 Å². The van der Waals surface area contributed by atoms with E-state index < -0.39 is 5.56 Å². The molecule has 8 nitrogen and oxygen atoms in total. The van der Waals surface area contributed by atoms with Gasteiger partial charge in [0.25, 0.3) is 11.4 Å². The molecule has 0 saturated heterocycles. The van der Waals surface area contributed by atoms with E-state index in [4.69, 9.17) is 4.52 Å². The predicted molar refractivity (Wildman–Crippen MR) is 100.0 cm³/mol. The second kappa shape index (κ2) is 5.92. The summed E-state index contributed by atoms with van der Waals surface area (Å²) in [5.74, 6) is 0.0581. The van der Waals surface area contributed by atoms with Gasteiger partial charge in [0.2, 0.25) is 5.82 Å². The Labute approximate surface area is 155 Å². The number of aromatic amines is 1. The van der Waals surface area contributed by atoms with E-state index in [1.807, 2.05) is 47.8 Å². The Bertz CT molecular complexity index is 1300. The first-order valence-electron chi connectivity index (χ1n) is 7.99. The van der Waals surface area contributed by atoms with Gasteiger partial charge in [-0.05, 0) is 23.6 Å². The molecule has 0 bridgehead atoms. The summed E-state index contributed by atoms with van der Waals surface area (Å²) < 4.78 is 6.76. The Balaban J connectivity index is 1.68. The predicted octanol–water partition coefficient (Wildman–Crippen LogP) is 3.20. The van der Waals surface area contributed by atoms with Crippen molar-refractivity contribution in [2.45, 2.75) is 0 Å². The molecule has 1 aromatic carbocycles. The van der Waals surface area contributed by atoms with Crippen LogP contribution in [0.2, 0.25) is 0 Å². The van der Waals surface area contributed by atoms with Crippen molar-refractivity contribution >= 4 is 22.4 Å². The van der Waals surface area contributed by atoms with Crippen molar-refractivity contribution in [1.82, 2.24) is 24.9 Å². The fraction of sp³-hybridized carbons (Fsp3) is 0. The van der Waals surface area contributed by atoms with E-state index in [0.29, 0.717) is 16.9 Å². The van der Waals surface area contributed by atoms with Crippen molar-refractivity contribution in [3.8, 4) is 33.6 Å². The summed E-state index contributed by atoms with van der Waals surface area (Å²) in [6.45, 7) is 0. The van der Waals surface area contributed by atoms with Gasteiger partial charge in [-0.2, -0.15) is 10.1 Å². The van der Waals surface area contributed by atoms with E-state index in [-0.39, 0.29) is 17.2 Å². The number of H-pyrrole nitrogens is 1. The van der Waals surface area contributed by atoms with Gasteiger partial charge in [-0.1, -0.05) is 29.4 Å². The molecule has 0 aliphatic carbocycles. The lowest BCUT2D eigenvalue weighted by Crippen LogP contribution is -2.11. The first-order valence-corrected chi connectivity index (χ1v) is 8.86. The highest BCUT2D eigenvalue weighted by Gasteiger charge is 2.22. The van der Waals surface area contributed by atoms with Gasteiger partial charge in [0.15, 0.2) is 0 Å². The number of pyridine rings is 1. The molecular formula is C18H11N5O3S. The van der Waals surface area contributed by atoms with Crippen molar-refractivity contribution in [2.75, 3.05) is 0 Å². The molecule has 27 heavy (non-hydrogen) atoms. The Morgan fingerprint density at radius 2 is 2.00 bits per heavy atom.